The van der Waals surface area contributed by atoms with Crippen molar-refractivity contribution in [1.82, 2.24) is 5.32 Å². The van der Waals surface area contributed by atoms with E-state index in [1.54, 1.807) is 32.2 Å². The number of hydrogen-bond acceptors (Lipinski definition) is 6. The second-order valence-electron chi connectivity index (χ2n) is 6.15. The number of ether oxygens (including phenoxy) is 2. The van der Waals surface area contributed by atoms with Gasteiger partial charge in [-0.05, 0) is 43.2 Å². The molecule has 0 spiro atoms. The maximum Gasteiger partial charge on any atom is 0.310 e. The fourth-order valence-corrected chi connectivity index (χ4v) is 3.42. The number of benzene rings is 1. The van der Waals surface area contributed by atoms with E-state index < -0.39 is 12.1 Å². The van der Waals surface area contributed by atoms with Gasteiger partial charge in [0.15, 0.2) is 6.10 Å². The summed E-state index contributed by atoms with van der Waals surface area (Å²) in [5.74, 6) is -0.165. The largest absolute Gasteiger partial charge is 0.496 e. The van der Waals surface area contributed by atoms with Crippen LogP contribution in [-0.4, -0.2) is 30.9 Å². The molecule has 0 fully saturated rings. The van der Waals surface area contributed by atoms with Gasteiger partial charge in [-0.3, -0.25) is 14.4 Å². The maximum absolute atomic E-state index is 12.5. The minimum absolute atomic E-state index is 0.0620. The molecule has 0 saturated carbocycles. The number of carbonyl (C=O) groups excluding carboxylic acids is 3. The topological polar surface area (TPSA) is 81.7 Å². The van der Waals surface area contributed by atoms with Crippen molar-refractivity contribution in [3.63, 3.8) is 0 Å². The van der Waals surface area contributed by atoms with Crippen LogP contribution in [0.1, 0.15) is 39.5 Å². The first-order chi connectivity index (χ1) is 12.8. The molecule has 7 heteroatoms. The van der Waals surface area contributed by atoms with E-state index in [1.807, 2.05) is 19.1 Å². The van der Waals surface area contributed by atoms with E-state index in [1.165, 1.54) is 18.3 Å². The van der Waals surface area contributed by atoms with Crippen molar-refractivity contribution < 1.29 is 23.9 Å². The second kappa shape index (κ2) is 9.32. The molecule has 1 aromatic heterocycles. The first kappa shape index (κ1) is 20.6. The van der Waals surface area contributed by atoms with Gasteiger partial charge >= 0.3 is 5.97 Å². The van der Waals surface area contributed by atoms with E-state index >= 15 is 0 Å². The first-order valence-corrected chi connectivity index (χ1v) is 9.32. The lowest BCUT2D eigenvalue weighted by Gasteiger charge is -2.12. The Bertz CT molecular complexity index is 843. The SMILES string of the molecule is COc1cc(CC(=O)OC(C)C(=O)c2ccc(CNC(C)=O)s2)ccc1C. The highest BCUT2D eigenvalue weighted by Gasteiger charge is 2.21. The molecule has 0 bridgehead atoms. The lowest BCUT2D eigenvalue weighted by molar-refractivity contribution is -0.145. The summed E-state index contributed by atoms with van der Waals surface area (Å²) in [7, 11) is 1.58. The average molecular weight is 389 g/mol. The summed E-state index contributed by atoms with van der Waals surface area (Å²) < 4.78 is 10.5. The van der Waals surface area contributed by atoms with E-state index in [-0.39, 0.29) is 18.1 Å². The van der Waals surface area contributed by atoms with Crippen LogP contribution >= 0.6 is 11.3 Å². The number of nitrogens with one attached hydrogen (secondary N) is 1. The fraction of sp³-hybridized carbons (Fsp3) is 0.350. The number of methoxy groups -OCH3 is 1. The van der Waals surface area contributed by atoms with Crippen LogP contribution in [0.15, 0.2) is 30.3 Å². The molecule has 1 unspecified atom stereocenters. The first-order valence-electron chi connectivity index (χ1n) is 8.50. The number of aryl methyl sites for hydroxylation is 1. The summed E-state index contributed by atoms with van der Waals surface area (Å²) in [6, 6.07) is 8.95. The monoisotopic (exact) mass is 389 g/mol. The molecule has 144 valence electrons. The van der Waals surface area contributed by atoms with Crippen molar-refractivity contribution in [2.24, 2.45) is 0 Å². The van der Waals surface area contributed by atoms with E-state index in [2.05, 4.69) is 5.32 Å². The summed E-state index contributed by atoms with van der Waals surface area (Å²) >= 11 is 1.28. The van der Waals surface area contributed by atoms with E-state index in [4.69, 9.17) is 9.47 Å². The predicted molar refractivity (Wildman–Crippen MR) is 103 cm³/mol. The summed E-state index contributed by atoms with van der Waals surface area (Å²) in [6.07, 6.45) is -0.816. The Labute approximate surface area is 162 Å². The minimum atomic E-state index is -0.878. The quantitative estimate of drug-likeness (QED) is 0.554. The van der Waals surface area contributed by atoms with Crippen molar-refractivity contribution in [3.05, 3.63) is 51.2 Å². The van der Waals surface area contributed by atoms with E-state index in [0.29, 0.717) is 17.2 Å². The van der Waals surface area contributed by atoms with Gasteiger partial charge in [-0.15, -0.1) is 11.3 Å². The number of ketones is 1. The molecule has 0 aliphatic rings. The number of thiophene rings is 1. The highest BCUT2D eigenvalue weighted by Crippen LogP contribution is 2.21. The second-order valence-corrected chi connectivity index (χ2v) is 7.32. The maximum atomic E-state index is 12.5. The van der Waals surface area contributed by atoms with Crippen LogP contribution in [0.5, 0.6) is 5.75 Å². The molecule has 27 heavy (non-hydrogen) atoms. The summed E-state index contributed by atoms with van der Waals surface area (Å²) in [4.78, 5) is 36.9. The van der Waals surface area contributed by atoms with Gasteiger partial charge in [0.25, 0.3) is 0 Å². The molecule has 0 saturated heterocycles. The molecule has 0 radical (unpaired) electrons. The lowest BCUT2D eigenvalue weighted by atomic mass is 10.1. The van der Waals surface area contributed by atoms with Crippen molar-refractivity contribution in [3.8, 4) is 5.75 Å². The Morgan fingerprint density at radius 1 is 1.19 bits per heavy atom. The van der Waals surface area contributed by atoms with Crippen LogP contribution in [0.3, 0.4) is 0 Å². The number of hydrogen-bond donors (Lipinski definition) is 1. The third-order valence-corrected chi connectivity index (χ3v) is 5.01. The smallest absolute Gasteiger partial charge is 0.310 e. The van der Waals surface area contributed by atoms with Gasteiger partial charge in [-0.1, -0.05) is 12.1 Å². The standard InChI is InChI=1S/C20H23NO5S/c1-12-5-6-15(9-17(12)25-4)10-19(23)26-13(2)20(24)18-8-7-16(27-18)11-21-14(3)22/h5-9,13H,10-11H2,1-4H3,(H,21,22). The van der Waals surface area contributed by atoms with Crippen molar-refractivity contribution >= 4 is 29.0 Å². The highest BCUT2D eigenvalue weighted by molar-refractivity contribution is 7.14. The van der Waals surface area contributed by atoms with Gasteiger partial charge in [0.05, 0.1) is 25.0 Å². The molecule has 1 aromatic carbocycles. The van der Waals surface area contributed by atoms with Crippen molar-refractivity contribution in [1.29, 1.82) is 0 Å². The van der Waals surface area contributed by atoms with Crippen LogP contribution in [0.25, 0.3) is 0 Å². The van der Waals surface area contributed by atoms with Crippen LogP contribution in [0.4, 0.5) is 0 Å². The molecule has 6 nitrogen and oxygen atoms in total. The van der Waals surface area contributed by atoms with Gasteiger partial charge in [0.1, 0.15) is 5.75 Å². The molecule has 0 aliphatic carbocycles. The summed E-state index contributed by atoms with van der Waals surface area (Å²) in [5, 5.41) is 2.68. The summed E-state index contributed by atoms with van der Waals surface area (Å²) in [5.41, 5.74) is 1.74. The molecule has 1 heterocycles. The zero-order valence-electron chi connectivity index (χ0n) is 15.8. The number of esters is 1. The lowest BCUT2D eigenvalue weighted by Crippen LogP contribution is -2.24. The Balaban J connectivity index is 1.93. The normalized spacial score (nSPS) is 11.6. The van der Waals surface area contributed by atoms with Gasteiger partial charge in [-0.25, -0.2) is 0 Å². The Kier molecular flexibility index (Phi) is 7.12. The zero-order chi connectivity index (χ0) is 20.0. The molecule has 1 atom stereocenters. The molecule has 1 amide bonds. The number of amides is 1. The predicted octanol–water partition coefficient (Wildman–Crippen LogP) is 3.06. The van der Waals surface area contributed by atoms with Gasteiger partial charge in [-0.2, -0.15) is 0 Å². The van der Waals surface area contributed by atoms with E-state index in [9.17, 15) is 14.4 Å². The Morgan fingerprint density at radius 3 is 2.59 bits per heavy atom. The molecular weight excluding hydrogens is 366 g/mol. The number of Topliss-reactive ketones (excluding diaryl/α,β-unsaturated/α-hetero) is 1. The Hall–Kier alpha value is -2.67. The number of rotatable bonds is 8. The minimum Gasteiger partial charge on any atom is -0.496 e. The number of carbonyl (C=O) groups is 3. The van der Waals surface area contributed by atoms with Gasteiger partial charge < -0.3 is 14.8 Å². The van der Waals surface area contributed by atoms with Crippen LogP contribution in [-0.2, 0) is 27.3 Å². The van der Waals surface area contributed by atoms with Gasteiger partial charge in [0, 0.05) is 11.8 Å². The van der Waals surface area contributed by atoms with Crippen LogP contribution in [0.2, 0.25) is 0 Å². The molecule has 2 aromatic rings. The Morgan fingerprint density at radius 2 is 1.93 bits per heavy atom. The average Bonchev–Trinajstić information content (AvgIpc) is 3.09. The van der Waals surface area contributed by atoms with Crippen LogP contribution in [0, 0.1) is 6.92 Å². The van der Waals surface area contributed by atoms with E-state index in [0.717, 1.165) is 16.0 Å². The highest BCUT2D eigenvalue weighted by atomic mass is 32.1. The van der Waals surface area contributed by atoms with Crippen LogP contribution < -0.4 is 10.1 Å². The van der Waals surface area contributed by atoms with Crippen molar-refractivity contribution in [2.75, 3.05) is 7.11 Å². The fourth-order valence-electron chi connectivity index (χ4n) is 2.45. The van der Waals surface area contributed by atoms with Crippen molar-refractivity contribution in [2.45, 2.75) is 39.8 Å². The molecule has 2 rings (SSSR count). The zero-order valence-corrected chi connectivity index (χ0v) is 16.6. The summed E-state index contributed by atoms with van der Waals surface area (Å²) in [6.45, 7) is 5.29. The third kappa shape index (κ3) is 5.92. The molecule has 0 aliphatic heterocycles. The third-order valence-electron chi connectivity index (χ3n) is 3.91. The molecular formula is C20H23NO5S. The molecule has 1 N–H and O–H groups in total. The van der Waals surface area contributed by atoms with Gasteiger partial charge in [0.2, 0.25) is 11.7 Å².